The van der Waals surface area contributed by atoms with Gasteiger partial charge in [-0.05, 0) is 36.1 Å². The van der Waals surface area contributed by atoms with E-state index in [2.05, 4.69) is 46.8 Å². The summed E-state index contributed by atoms with van der Waals surface area (Å²) in [5, 5.41) is 9.28. The Morgan fingerprint density at radius 3 is 2.86 bits per heavy atom. The zero-order valence-electron chi connectivity index (χ0n) is 12.9. The summed E-state index contributed by atoms with van der Waals surface area (Å²) in [4.78, 5) is 4.42. The van der Waals surface area contributed by atoms with Crippen molar-refractivity contribution >= 4 is 11.9 Å². The van der Waals surface area contributed by atoms with Gasteiger partial charge in [-0.15, -0.1) is 0 Å². The number of hydrogen-bond acceptors (Lipinski definition) is 4. The fourth-order valence-electron chi connectivity index (χ4n) is 3.27. The van der Waals surface area contributed by atoms with Gasteiger partial charge in [0, 0.05) is 36.1 Å². The molecule has 4 nitrogen and oxygen atoms in total. The average Bonchev–Trinajstić information content (AvgIpc) is 2.45. The topological polar surface area (TPSA) is 62.4 Å². The molecule has 1 fully saturated rings. The number of rotatable bonds is 4. The van der Waals surface area contributed by atoms with Crippen molar-refractivity contribution in [3.8, 4) is 0 Å². The number of benzene rings is 1. The van der Waals surface area contributed by atoms with E-state index in [1.165, 1.54) is 22.0 Å². The summed E-state index contributed by atoms with van der Waals surface area (Å²) in [6.45, 7) is 4.23. The van der Waals surface area contributed by atoms with E-state index in [9.17, 15) is 0 Å². The van der Waals surface area contributed by atoms with Crippen molar-refractivity contribution in [2.45, 2.75) is 31.7 Å². The molecule has 1 unspecified atom stereocenters. The Hall–Kier alpha value is -2.07. The lowest BCUT2D eigenvalue weighted by molar-refractivity contribution is 0.472. The largest absolute Gasteiger partial charge is 0.399 e. The Morgan fingerprint density at radius 1 is 1.36 bits per heavy atom. The van der Waals surface area contributed by atoms with Gasteiger partial charge in [0.25, 0.3) is 0 Å². The lowest BCUT2D eigenvalue weighted by Gasteiger charge is -2.30. The molecule has 1 aliphatic carbocycles. The number of hydrogen-bond donors (Lipinski definition) is 3. The van der Waals surface area contributed by atoms with Crippen molar-refractivity contribution < 1.29 is 0 Å². The molecule has 2 heterocycles. The molecule has 0 radical (unpaired) electrons. The van der Waals surface area contributed by atoms with Gasteiger partial charge >= 0.3 is 0 Å². The Kier molecular flexibility index (Phi) is 3.26. The molecular weight excluding hydrogens is 272 g/mol. The summed E-state index contributed by atoms with van der Waals surface area (Å²) >= 11 is 0. The molecule has 0 amide bonds. The molecule has 1 aromatic carbocycles. The second-order valence-corrected chi connectivity index (χ2v) is 6.31. The molecular formula is C18H22N4. The van der Waals surface area contributed by atoms with Crippen LogP contribution >= 0.6 is 0 Å². The fraction of sp³-hybridized carbons (Fsp3) is 0.389. The van der Waals surface area contributed by atoms with E-state index < -0.39 is 0 Å². The minimum Gasteiger partial charge on any atom is -0.399 e. The summed E-state index contributed by atoms with van der Waals surface area (Å²) in [6.07, 6.45) is 8.43. The molecule has 1 saturated heterocycles. The van der Waals surface area contributed by atoms with E-state index in [1.807, 2.05) is 6.20 Å². The van der Waals surface area contributed by atoms with E-state index in [0.717, 1.165) is 37.0 Å². The minimum absolute atomic E-state index is 0.418. The molecule has 2 aliphatic heterocycles. The van der Waals surface area contributed by atoms with Crippen molar-refractivity contribution in [1.29, 1.82) is 0 Å². The third kappa shape index (κ3) is 2.24. The molecule has 0 spiro atoms. The first kappa shape index (κ1) is 13.6. The van der Waals surface area contributed by atoms with Crippen molar-refractivity contribution in [2.24, 2.45) is 10.7 Å². The van der Waals surface area contributed by atoms with Gasteiger partial charge in [0.1, 0.15) is 0 Å². The number of anilines is 1. The first-order valence-electron chi connectivity index (χ1n) is 8.10. The molecule has 1 aromatic rings. The van der Waals surface area contributed by atoms with E-state index >= 15 is 0 Å². The summed E-state index contributed by atoms with van der Waals surface area (Å²) in [5.74, 6) is 0.418. The molecule has 0 aromatic heterocycles. The van der Waals surface area contributed by atoms with Crippen LogP contribution in [0.15, 0.2) is 40.5 Å². The van der Waals surface area contributed by atoms with Crippen molar-refractivity contribution in [3.05, 3.63) is 51.7 Å². The molecule has 0 bridgehead atoms. The second-order valence-electron chi connectivity index (χ2n) is 6.31. The van der Waals surface area contributed by atoms with Crippen molar-refractivity contribution in [1.82, 2.24) is 5.32 Å². The predicted octanol–water partition coefficient (Wildman–Crippen LogP) is 1.11. The van der Waals surface area contributed by atoms with Crippen LogP contribution in [0.4, 0.5) is 5.69 Å². The molecule has 4 N–H and O–H groups in total. The Balaban J connectivity index is 1.67. The monoisotopic (exact) mass is 294 g/mol. The molecule has 22 heavy (non-hydrogen) atoms. The number of allylic oxidation sites excluding steroid dienone is 3. The summed E-state index contributed by atoms with van der Waals surface area (Å²) in [5.41, 5.74) is 10.8. The molecule has 4 heteroatoms. The quantitative estimate of drug-likeness (QED) is 0.779. The van der Waals surface area contributed by atoms with E-state index in [1.54, 1.807) is 0 Å². The number of nitrogens with two attached hydrogens (primary N) is 1. The van der Waals surface area contributed by atoms with Gasteiger partial charge in [0.2, 0.25) is 0 Å². The second kappa shape index (κ2) is 5.29. The summed E-state index contributed by atoms with van der Waals surface area (Å²) in [7, 11) is 0. The van der Waals surface area contributed by atoms with Crippen LogP contribution in [0, 0.1) is 0 Å². The highest BCUT2D eigenvalue weighted by Crippen LogP contribution is 2.30. The maximum atomic E-state index is 6.07. The first-order valence-corrected chi connectivity index (χ1v) is 8.10. The first-order chi connectivity index (χ1) is 10.7. The summed E-state index contributed by atoms with van der Waals surface area (Å²) in [6, 6.07) is 5.08. The van der Waals surface area contributed by atoms with E-state index in [0.29, 0.717) is 12.0 Å². The Labute approximate surface area is 130 Å². The molecule has 114 valence electrons. The Morgan fingerprint density at radius 2 is 2.23 bits per heavy atom. The maximum Gasteiger partial charge on any atom is 0.0949 e. The van der Waals surface area contributed by atoms with Gasteiger partial charge in [0.05, 0.1) is 17.1 Å². The third-order valence-electron chi connectivity index (χ3n) is 4.81. The van der Waals surface area contributed by atoms with Crippen LogP contribution < -0.4 is 26.9 Å². The van der Waals surface area contributed by atoms with Crippen LogP contribution in [0.25, 0.3) is 6.20 Å². The number of nitrogens with one attached hydrogen (secondary N) is 2. The fourth-order valence-corrected chi connectivity index (χ4v) is 3.27. The Bertz CT molecular complexity index is 784. The minimum atomic E-state index is 0.418. The predicted molar refractivity (Wildman–Crippen MR) is 90.0 cm³/mol. The van der Waals surface area contributed by atoms with Crippen molar-refractivity contribution in [2.75, 3.05) is 18.4 Å². The van der Waals surface area contributed by atoms with Gasteiger partial charge in [-0.1, -0.05) is 19.1 Å². The number of fused-ring (bicyclic) bond motifs is 1. The smallest absolute Gasteiger partial charge is 0.0949 e. The van der Waals surface area contributed by atoms with Gasteiger partial charge in [-0.3, -0.25) is 4.99 Å². The third-order valence-corrected chi connectivity index (χ3v) is 4.81. The number of nitrogens with zero attached hydrogens (tertiary/aromatic N) is 1. The molecule has 1 atom stereocenters. The van der Waals surface area contributed by atoms with Gasteiger partial charge in [-0.2, -0.15) is 0 Å². The molecule has 3 aliphatic rings. The maximum absolute atomic E-state index is 6.07. The lowest BCUT2D eigenvalue weighted by atomic mass is 9.86. The molecule has 4 rings (SSSR count). The SMILES string of the molecule is CCC1=CC(c2cc(NC3CNC3)c3c(c2)=CN=3)CC=C1N. The van der Waals surface area contributed by atoms with E-state index in [-0.39, 0.29) is 0 Å². The van der Waals surface area contributed by atoms with Gasteiger partial charge in [0.15, 0.2) is 0 Å². The van der Waals surface area contributed by atoms with Gasteiger partial charge < -0.3 is 16.4 Å². The van der Waals surface area contributed by atoms with Crippen LogP contribution in [0.1, 0.15) is 31.2 Å². The normalized spacial score (nSPS) is 23.0. The van der Waals surface area contributed by atoms with Crippen LogP contribution in [0.5, 0.6) is 0 Å². The lowest BCUT2D eigenvalue weighted by Crippen LogP contribution is -2.52. The highest BCUT2D eigenvalue weighted by Gasteiger charge is 2.20. The highest BCUT2D eigenvalue weighted by atomic mass is 15.1. The zero-order chi connectivity index (χ0) is 15.1. The van der Waals surface area contributed by atoms with Crippen LogP contribution in [-0.2, 0) is 0 Å². The average molecular weight is 294 g/mol. The van der Waals surface area contributed by atoms with Crippen LogP contribution in [0.2, 0.25) is 0 Å². The highest BCUT2D eigenvalue weighted by molar-refractivity contribution is 5.54. The van der Waals surface area contributed by atoms with E-state index in [4.69, 9.17) is 5.73 Å². The standard InChI is InChI=1S/C18H22N4/c1-2-11-5-12(3-4-16(11)19)13-6-14-8-21-18(14)17(7-13)22-15-9-20-10-15/h4-8,12,15,20,22H,2-3,9-10,19H2,1H3. The molecule has 0 saturated carbocycles. The van der Waals surface area contributed by atoms with Crippen LogP contribution in [-0.4, -0.2) is 19.1 Å². The van der Waals surface area contributed by atoms with Gasteiger partial charge in [-0.25, -0.2) is 0 Å². The van der Waals surface area contributed by atoms with Crippen LogP contribution in [0.3, 0.4) is 0 Å². The summed E-state index contributed by atoms with van der Waals surface area (Å²) < 4.78 is 0. The zero-order valence-corrected chi connectivity index (χ0v) is 12.9. The van der Waals surface area contributed by atoms with Crippen molar-refractivity contribution in [3.63, 3.8) is 0 Å².